The number of nitrogen functional groups attached to an aromatic ring is 1. The summed E-state index contributed by atoms with van der Waals surface area (Å²) in [4.78, 5) is 12.0. The molecule has 3 nitrogen and oxygen atoms in total. The van der Waals surface area contributed by atoms with Gasteiger partial charge in [0.25, 0.3) is 0 Å². The van der Waals surface area contributed by atoms with E-state index in [4.69, 9.17) is 10.2 Å². The molecule has 1 heterocycles. The highest BCUT2D eigenvalue weighted by Crippen LogP contribution is 2.28. The zero-order chi connectivity index (χ0) is 11.1. The fraction of sp³-hybridized carbons (Fsp3) is 0. The molecule has 0 fully saturated rings. The number of anilines is 1. The molecular formula is C13H9NO2. The van der Waals surface area contributed by atoms with Crippen molar-refractivity contribution < 1.29 is 4.42 Å². The lowest BCUT2D eigenvalue weighted by Gasteiger charge is -2.07. The second-order valence-corrected chi connectivity index (χ2v) is 3.68. The van der Waals surface area contributed by atoms with Gasteiger partial charge in [0.05, 0.1) is 17.5 Å². The molecule has 16 heavy (non-hydrogen) atoms. The monoisotopic (exact) mass is 211 g/mol. The molecule has 0 aromatic heterocycles. The largest absolute Gasteiger partial charge is 0.464 e. The van der Waals surface area contributed by atoms with Crippen LogP contribution in [0.15, 0.2) is 51.9 Å². The fourth-order valence-electron chi connectivity index (χ4n) is 1.89. The Labute approximate surface area is 91.5 Å². The van der Waals surface area contributed by atoms with E-state index < -0.39 is 0 Å². The third kappa shape index (κ3) is 1.11. The lowest BCUT2D eigenvalue weighted by molar-refractivity contribution is 0.572. The predicted octanol–water partition coefficient (Wildman–Crippen LogP) is 2.48. The van der Waals surface area contributed by atoms with Crippen molar-refractivity contribution in [1.82, 2.24) is 0 Å². The van der Waals surface area contributed by atoms with E-state index in [0.29, 0.717) is 11.3 Å². The highest BCUT2D eigenvalue weighted by molar-refractivity contribution is 5.95. The van der Waals surface area contributed by atoms with Crippen LogP contribution in [0.5, 0.6) is 0 Å². The lowest BCUT2D eigenvalue weighted by atomic mass is 10.0. The van der Waals surface area contributed by atoms with Gasteiger partial charge in [-0.05, 0) is 17.5 Å². The minimum atomic E-state index is -0.168. The normalized spacial score (nSPS) is 11.0. The molecule has 2 aliphatic rings. The van der Waals surface area contributed by atoms with Gasteiger partial charge in [0.1, 0.15) is 5.76 Å². The van der Waals surface area contributed by atoms with Gasteiger partial charge >= 0.3 is 0 Å². The van der Waals surface area contributed by atoms with Crippen molar-refractivity contribution in [1.29, 1.82) is 0 Å². The number of hydrogen-bond acceptors (Lipinski definition) is 3. The number of hydrogen-bond donors (Lipinski definition) is 1. The van der Waals surface area contributed by atoms with E-state index in [1.807, 2.05) is 24.3 Å². The Morgan fingerprint density at radius 2 is 1.88 bits per heavy atom. The van der Waals surface area contributed by atoms with Crippen LogP contribution in [0.25, 0.3) is 22.1 Å². The van der Waals surface area contributed by atoms with Crippen molar-refractivity contribution in [2.24, 2.45) is 0 Å². The Kier molecular flexibility index (Phi) is 1.74. The van der Waals surface area contributed by atoms with E-state index in [2.05, 4.69) is 0 Å². The number of rotatable bonds is 0. The van der Waals surface area contributed by atoms with Gasteiger partial charge in [-0.1, -0.05) is 24.3 Å². The summed E-state index contributed by atoms with van der Waals surface area (Å²) < 4.78 is 5.41. The first-order valence-electron chi connectivity index (χ1n) is 4.96. The Hall–Kier alpha value is -2.29. The fourth-order valence-corrected chi connectivity index (χ4v) is 1.89. The summed E-state index contributed by atoms with van der Waals surface area (Å²) in [7, 11) is 0. The summed E-state index contributed by atoms with van der Waals surface area (Å²) >= 11 is 0. The molecule has 0 atom stereocenters. The van der Waals surface area contributed by atoms with Crippen molar-refractivity contribution in [3.63, 3.8) is 0 Å². The first-order valence-corrected chi connectivity index (χ1v) is 4.96. The van der Waals surface area contributed by atoms with E-state index in [0.717, 1.165) is 10.8 Å². The van der Waals surface area contributed by atoms with Crippen LogP contribution >= 0.6 is 0 Å². The van der Waals surface area contributed by atoms with Gasteiger partial charge < -0.3 is 10.2 Å². The quantitative estimate of drug-likeness (QED) is 0.459. The maximum Gasteiger partial charge on any atom is 0.213 e. The molecule has 78 valence electrons. The molecule has 0 saturated heterocycles. The minimum absolute atomic E-state index is 0.168. The second-order valence-electron chi connectivity index (χ2n) is 3.68. The van der Waals surface area contributed by atoms with Crippen molar-refractivity contribution in [3.8, 4) is 11.3 Å². The third-order valence-electron chi connectivity index (χ3n) is 2.69. The third-order valence-corrected chi connectivity index (χ3v) is 2.69. The molecule has 1 aromatic carbocycles. The summed E-state index contributed by atoms with van der Waals surface area (Å²) in [6.45, 7) is 0. The molecular weight excluding hydrogens is 202 g/mol. The van der Waals surface area contributed by atoms with Gasteiger partial charge in [-0.3, -0.25) is 4.79 Å². The Balaban J connectivity index is 2.63. The smallest absolute Gasteiger partial charge is 0.213 e. The summed E-state index contributed by atoms with van der Waals surface area (Å²) in [6, 6.07) is 10.9. The van der Waals surface area contributed by atoms with Crippen LogP contribution in [0, 0.1) is 0 Å². The maximum absolute atomic E-state index is 12.0. The predicted molar refractivity (Wildman–Crippen MR) is 63.5 cm³/mol. The molecule has 1 aliphatic carbocycles. The first kappa shape index (κ1) is 8.97. The van der Waals surface area contributed by atoms with Crippen molar-refractivity contribution in [2.75, 3.05) is 5.73 Å². The minimum Gasteiger partial charge on any atom is -0.464 e. The van der Waals surface area contributed by atoms with E-state index in [1.165, 1.54) is 0 Å². The molecule has 0 amide bonds. The van der Waals surface area contributed by atoms with Crippen LogP contribution in [0.4, 0.5) is 5.69 Å². The molecule has 0 unspecified atom stereocenters. The Morgan fingerprint density at radius 3 is 2.75 bits per heavy atom. The zero-order valence-electron chi connectivity index (χ0n) is 8.44. The summed E-state index contributed by atoms with van der Waals surface area (Å²) in [5, 5.41) is 1.78. The average molecular weight is 211 g/mol. The van der Waals surface area contributed by atoms with E-state index in [9.17, 15) is 4.79 Å². The first-order chi connectivity index (χ1) is 7.77. The van der Waals surface area contributed by atoms with Crippen LogP contribution in [-0.4, -0.2) is 0 Å². The van der Waals surface area contributed by atoms with E-state index in [1.54, 1.807) is 18.4 Å². The van der Waals surface area contributed by atoms with E-state index in [-0.39, 0.29) is 11.1 Å². The van der Waals surface area contributed by atoms with E-state index >= 15 is 0 Å². The van der Waals surface area contributed by atoms with Crippen LogP contribution in [0.2, 0.25) is 0 Å². The second kappa shape index (κ2) is 3.10. The topological polar surface area (TPSA) is 56.2 Å². The van der Waals surface area contributed by atoms with Crippen molar-refractivity contribution in [3.05, 3.63) is 52.9 Å². The number of fused-ring (bicyclic) bond motifs is 3. The molecule has 1 aromatic rings. The van der Waals surface area contributed by atoms with Gasteiger partial charge in [0, 0.05) is 5.39 Å². The summed E-state index contributed by atoms with van der Waals surface area (Å²) in [5.41, 5.74) is 6.26. The van der Waals surface area contributed by atoms with Crippen LogP contribution in [0.3, 0.4) is 0 Å². The van der Waals surface area contributed by atoms with Crippen LogP contribution in [-0.2, 0) is 0 Å². The molecule has 3 rings (SSSR count). The summed E-state index contributed by atoms with van der Waals surface area (Å²) in [5.74, 6) is 0.568. The highest BCUT2D eigenvalue weighted by atomic mass is 16.3. The Bertz CT molecular complexity index is 700. The van der Waals surface area contributed by atoms with Crippen molar-refractivity contribution in [2.45, 2.75) is 0 Å². The highest BCUT2D eigenvalue weighted by Gasteiger charge is 2.13. The lowest BCUT2D eigenvalue weighted by Crippen LogP contribution is -2.11. The van der Waals surface area contributed by atoms with Gasteiger partial charge in [-0.2, -0.15) is 0 Å². The average Bonchev–Trinajstić information content (AvgIpc) is 2.33. The molecule has 0 radical (unpaired) electrons. The Morgan fingerprint density at radius 1 is 1.06 bits per heavy atom. The van der Waals surface area contributed by atoms with Crippen molar-refractivity contribution >= 4 is 16.5 Å². The molecule has 3 heteroatoms. The van der Waals surface area contributed by atoms with Gasteiger partial charge in [-0.15, -0.1) is 0 Å². The zero-order valence-corrected chi connectivity index (χ0v) is 8.44. The SMILES string of the molecule is Nc1ccc2occ3ccccc3c-2c1=O. The number of nitrogens with two attached hydrogens (primary N) is 1. The van der Waals surface area contributed by atoms with Gasteiger partial charge in [0.15, 0.2) is 0 Å². The van der Waals surface area contributed by atoms with Crippen LogP contribution < -0.4 is 11.2 Å². The molecule has 0 spiro atoms. The van der Waals surface area contributed by atoms with Gasteiger partial charge in [0.2, 0.25) is 5.43 Å². The maximum atomic E-state index is 12.0. The summed E-state index contributed by atoms with van der Waals surface area (Å²) in [6.07, 6.45) is 1.65. The number of benzene rings is 2. The van der Waals surface area contributed by atoms with Crippen LogP contribution in [0.1, 0.15) is 0 Å². The molecule has 0 saturated carbocycles. The molecule has 2 N–H and O–H groups in total. The molecule has 1 aliphatic heterocycles. The standard InChI is InChI=1S/C13H9NO2/c14-10-5-6-11-12(13(10)15)9-4-2-1-3-8(9)7-16-11/h1-7H,14H2. The van der Waals surface area contributed by atoms with Gasteiger partial charge in [-0.25, -0.2) is 0 Å². The molecule has 0 bridgehead atoms.